The number of amides is 1. The lowest BCUT2D eigenvalue weighted by Crippen LogP contribution is -2.41. The lowest BCUT2D eigenvalue weighted by molar-refractivity contribution is -0.138. The van der Waals surface area contributed by atoms with E-state index in [0.29, 0.717) is 0 Å². The fourth-order valence-electron chi connectivity index (χ4n) is 3.24. The minimum absolute atomic E-state index is 0.0146. The quantitative estimate of drug-likeness (QED) is 0.864. The van der Waals surface area contributed by atoms with E-state index in [9.17, 15) is 4.79 Å². The molecule has 1 atom stereocenters. The summed E-state index contributed by atoms with van der Waals surface area (Å²) in [6, 6.07) is 1.88. The smallest absolute Gasteiger partial charge is 0.225 e. The molecule has 0 bridgehead atoms. The number of carbonyl (C=O) groups is 1. The van der Waals surface area contributed by atoms with Crippen LogP contribution in [0.1, 0.15) is 61.2 Å². The Hall–Kier alpha value is -2.02. The molecule has 1 saturated heterocycles. The van der Waals surface area contributed by atoms with Gasteiger partial charge in [-0.05, 0) is 40.0 Å². The van der Waals surface area contributed by atoms with Crippen molar-refractivity contribution < 1.29 is 4.79 Å². The number of aromatic nitrogens is 3. The maximum atomic E-state index is 12.6. The summed E-state index contributed by atoms with van der Waals surface area (Å²) in [7, 11) is 0. The number of likely N-dealkylation sites (tertiary alicyclic amines) is 1. The van der Waals surface area contributed by atoms with E-state index >= 15 is 0 Å². The number of piperidine rings is 1. The van der Waals surface area contributed by atoms with Crippen molar-refractivity contribution in [3.8, 4) is 0 Å². The highest BCUT2D eigenvalue weighted by atomic mass is 32.1. The minimum Gasteiger partial charge on any atom is -0.332 e. The van der Waals surface area contributed by atoms with Gasteiger partial charge in [0.05, 0.1) is 11.7 Å². The number of hydrogen-bond acceptors (Lipinski definition) is 6. The zero-order valence-corrected chi connectivity index (χ0v) is 17.0. The molecular formula is C19H27N5OS. The first-order valence-corrected chi connectivity index (χ1v) is 10.0. The zero-order chi connectivity index (χ0) is 18.8. The van der Waals surface area contributed by atoms with Crippen LogP contribution in [-0.4, -0.2) is 32.3 Å². The van der Waals surface area contributed by atoms with E-state index in [-0.39, 0.29) is 17.9 Å². The van der Waals surface area contributed by atoms with Gasteiger partial charge < -0.3 is 10.2 Å². The Balaban J connectivity index is 1.89. The van der Waals surface area contributed by atoms with Crippen molar-refractivity contribution in [3.05, 3.63) is 28.2 Å². The summed E-state index contributed by atoms with van der Waals surface area (Å²) in [4.78, 5) is 29.7. The molecule has 3 rings (SSSR count). The Labute approximate surface area is 159 Å². The van der Waals surface area contributed by atoms with Crippen molar-refractivity contribution in [2.45, 2.75) is 59.9 Å². The molecule has 6 nitrogen and oxygen atoms in total. The number of hydrogen-bond donors (Lipinski definition) is 1. The van der Waals surface area contributed by atoms with Gasteiger partial charge in [0.25, 0.3) is 0 Å². The van der Waals surface area contributed by atoms with Gasteiger partial charge in [0.15, 0.2) is 11.0 Å². The Morgan fingerprint density at radius 2 is 2.00 bits per heavy atom. The third-order valence-electron chi connectivity index (χ3n) is 4.71. The Kier molecular flexibility index (Phi) is 5.55. The highest BCUT2D eigenvalue weighted by molar-refractivity contribution is 7.15. The summed E-state index contributed by atoms with van der Waals surface area (Å²) in [5.41, 5.74) is 1.93. The first-order valence-electron chi connectivity index (χ1n) is 9.22. The number of carbonyl (C=O) groups excluding carboxylic acids is 1. The van der Waals surface area contributed by atoms with Crippen molar-refractivity contribution in [1.82, 2.24) is 19.9 Å². The minimum atomic E-state index is -0.0427. The fraction of sp³-hybridized carbons (Fsp3) is 0.579. The van der Waals surface area contributed by atoms with Gasteiger partial charge in [-0.15, -0.1) is 11.3 Å². The van der Waals surface area contributed by atoms with Crippen LogP contribution in [0.2, 0.25) is 0 Å². The topological polar surface area (TPSA) is 71.0 Å². The van der Waals surface area contributed by atoms with Crippen molar-refractivity contribution in [2.75, 3.05) is 11.9 Å². The number of anilines is 2. The molecule has 3 heterocycles. The Morgan fingerprint density at radius 1 is 1.23 bits per heavy atom. The Morgan fingerprint density at radius 3 is 2.65 bits per heavy atom. The van der Waals surface area contributed by atoms with Crippen LogP contribution in [-0.2, 0) is 4.79 Å². The van der Waals surface area contributed by atoms with E-state index in [1.807, 2.05) is 38.7 Å². The van der Waals surface area contributed by atoms with Crippen molar-refractivity contribution in [2.24, 2.45) is 5.92 Å². The van der Waals surface area contributed by atoms with Gasteiger partial charge in [-0.2, -0.15) is 0 Å². The number of nitrogens with zero attached hydrogens (tertiary/aromatic N) is 4. The average molecular weight is 374 g/mol. The summed E-state index contributed by atoms with van der Waals surface area (Å²) < 4.78 is 0. The molecule has 26 heavy (non-hydrogen) atoms. The van der Waals surface area contributed by atoms with Crippen LogP contribution in [0.5, 0.6) is 0 Å². The molecule has 1 fully saturated rings. The third kappa shape index (κ3) is 4.03. The van der Waals surface area contributed by atoms with Crippen LogP contribution >= 0.6 is 11.3 Å². The maximum absolute atomic E-state index is 12.6. The van der Waals surface area contributed by atoms with Gasteiger partial charge in [0.2, 0.25) is 5.91 Å². The molecule has 1 N–H and O–H groups in total. The van der Waals surface area contributed by atoms with E-state index in [4.69, 9.17) is 4.98 Å². The Bertz CT molecular complexity index is 782. The number of nitrogens with one attached hydrogen (secondary N) is 1. The van der Waals surface area contributed by atoms with Gasteiger partial charge >= 0.3 is 0 Å². The summed E-state index contributed by atoms with van der Waals surface area (Å²) in [5, 5.41) is 4.14. The number of thiazole rings is 1. The third-order valence-corrected chi connectivity index (χ3v) is 5.70. The predicted molar refractivity (Wildman–Crippen MR) is 105 cm³/mol. The fourth-order valence-corrected chi connectivity index (χ4v) is 4.06. The molecule has 1 amide bonds. The monoisotopic (exact) mass is 373 g/mol. The van der Waals surface area contributed by atoms with Crippen LogP contribution in [0.15, 0.2) is 6.07 Å². The van der Waals surface area contributed by atoms with Crippen LogP contribution in [0.4, 0.5) is 10.9 Å². The standard InChI is InChI=1S/C19H27N5OS/c1-11(2)18(25)24-9-7-6-8-15(24)17-20-12(3)10-16(22-17)23-19-21-13(4)14(5)26-19/h10-11,15H,6-9H2,1-5H3,(H,20,21,22,23)/t15-/m0/s1. The average Bonchev–Trinajstić information content (AvgIpc) is 2.91. The van der Waals surface area contributed by atoms with Crippen molar-refractivity contribution in [1.29, 1.82) is 0 Å². The normalized spacial score (nSPS) is 17.6. The molecular weight excluding hydrogens is 346 g/mol. The predicted octanol–water partition coefficient (Wildman–Crippen LogP) is 4.31. The van der Waals surface area contributed by atoms with Crippen LogP contribution in [0.3, 0.4) is 0 Å². The summed E-state index contributed by atoms with van der Waals surface area (Å²) >= 11 is 1.62. The highest BCUT2D eigenvalue weighted by Crippen LogP contribution is 2.31. The van der Waals surface area contributed by atoms with Crippen LogP contribution in [0.25, 0.3) is 0 Å². The van der Waals surface area contributed by atoms with Gasteiger partial charge in [0, 0.05) is 29.1 Å². The van der Waals surface area contributed by atoms with Crippen molar-refractivity contribution >= 4 is 28.2 Å². The van der Waals surface area contributed by atoms with E-state index < -0.39 is 0 Å². The first kappa shape index (κ1) is 18.8. The highest BCUT2D eigenvalue weighted by Gasteiger charge is 2.31. The second-order valence-electron chi connectivity index (χ2n) is 7.24. The van der Waals surface area contributed by atoms with Crippen molar-refractivity contribution in [3.63, 3.8) is 0 Å². The molecule has 0 aliphatic carbocycles. The second kappa shape index (κ2) is 7.70. The second-order valence-corrected chi connectivity index (χ2v) is 8.44. The lowest BCUT2D eigenvalue weighted by atomic mass is 9.99. The molecule has 0 radical (unpaired) electrons. The number of aryl methyl sites for hydroxylation is 3. The summed E-state index contributed by atoms with van der Waals surface area (Å²) in [6.45, 7) is 10.7. The van der Waals surface area contributed by atoms with Crippen LogP contribution in [0, 0.1) is 26.7 Å². The van der Waals surface area contributed by atoms with E-state index in [1.54, 1.807) is 11.3 Å². The maximum Gasteiger partial charge on any atom is 0.225 e. The molecule has 0 unspecified atom stereocenters. The van der Waals surface area contributed by atoms with Gasteiger partial charge in [-0.3, -0.25) is 4.79 Å². The van der Waals surface area contributed by atoms with Gasteiger partial charge in [-0.25, -0.2) is 15.0 Å². The first-order chi connectivity index (χ1) is 12.3. The molecule has 2 aromatic heterocycles. The molecule has 1 aliphatic rings. The summed E-state index contributed by atoms with van der Waals surface area (Å²) in [6.07, 6.45) is 3.05. The summed E-state index contributed by atoms with van der Waals surface area (Å²) in [5.74, 6) is 1.63. The molecule has 2 aromatic rings. The van der Waals surface area contributed by atoms with E-state index in [0.717, 1.165) is 54.0 Å². The zero-order valence-electron chi connectivity index (χ0n) is 16.2. The lowest BCUT2D eigenvalue weighted by Gasteiger charge is -2.36. The van der Waals surface area contributed by atoms with E-state index in [1.165, 1.54) is 4.88 Å². The molecule has 0 saturated carbocycles. The van der Waals surface area contributed by atoms with Crippen LogP contribution < -0.4 is 5.32 Å². The molecule has 140 valence electrons. The molecule has 1 aliphatic heterocycles. The van der Waals surface area contributed by atoms with E-state index in [2.05, 4.69) is 22.2 Å². The largest absolute Gasteiger partial charge is 0.332 e. The molecule has 0 aromatic carbocycles. The SMILES string of the molecule is Cc1cc(Nc2nc(C)c(C)s2)nc([C@@H]2CCCCN2C(=O)C(C)C)n1. The van der Waals surface area contributed by atoms with Gasteiger partial charge in [0.1, 0.15) is 5.82 Å². The number of rotatable bonds is 4. The van der Waals surface area contributed by atoms with Gasteiger partial charge in [-0.1, -0.05) is 13.8 Å². The molecule has 0 spiro atoms. The molecule has 7 heteroatoms.